The van der Waals surface area contributed by atoms with Crippen molar-refractivity contribution in [2.75, 3.05) is 13.2 Å². The van der Waals surface area contributed by atoms with Crippen molar-refractivity contribution in [2.45, 2.75) is 81.5 Å². The van der Waals surface area contributed by atoms with Gasteiger partial charge in [0, 0.05) is 10.3 Å². The fourth-order valence-corrected chi connectivity index (χ4v) is 7.58. The number of fused-ring (bicyclic) bond motifs is 1. The summed E-state index contributed by atoms with van der Waals surface area (Å²) >= 11 is 1.61. The molecule has 3 aliphatic heterocycles. The SMILES string of the molecule is CCOC(=O)[C@H]1[C@H]2C(=O)N([C@H](C)CO)C(C(=O)NC(C)(C)C)C23CC[C@]1(C)S3. The van der Waals surface area contributed by atoms with Crippen molar-refractivity contribution in [3.63, 3.8) is 0 Å². The molecule has 2 bridgehead atoms. The molecule has 8 heteroatoms. The van der Waals surface area contributed by atoms with Gasteiger partial charge in [0.25, 0.3) is 0 Å². The van der Waals surface area contributed by atoms with E-state index in [1.54, 1.807) is 25.6 Å². The molecule has 0 aromatic carbocycles. The standard InChI is InChI=1S/C20H32N2O5S/c1-7-27-17(26)13-12-16(25)22(11(2)10-23)14(15(24)21-18(3,4)5)20(12)9-8-19(13,6)28-20/h11-14,23H,7-10H2,1-6H3,(H,21,24)/t11-,12+,13-,14?,19+,20?/m1/s1. The van der Waals surface area contributed by atoms with Gasteiger partial charge in [-0.05, 0) is 54.4 Å². The summed E-state index contributed by atoms with van der Waals surface area (Å²) in [4.78, 5) is 41.2. The van der Waals surface area contributed by atoms with E-state index < -0.39 is 39.0 Å². The average Bonchev–Trinajstić information content (AvgIpc) is 3.13. The van der Waals surface area contributed by atoms with Gasteiger partial charge in [0.1, 0.15) is 6.04 Å². The van der Waals surface area contributed by atoms with Crippen LogP contribution >= 0.6 is 11.8 Å². The van der Waals surface area contributed by atoms with Crippen molar-refractivity contribution in [1.82, 2.24) is 10.2 Å². The molecule has 1 spiro atoms. The molecule has 3 fully saturated rings. The van der Waals surface area contributed by atoms with Crippen LogP contribution in [0.25, 0.3) is 0 Å². The number of hydrogen-bond donors (Lipinski definition) is 2. The molecule has 0 aromatic heterocycles. The number of ether oxygens (including phenoxy) is 1. The fraction of sp³-hybridized carbons (Fsp3) is 0.850. The van der Waals surface area contributed by atoms with Crippen LogP contribution in [0.15, 0.2) is 0 Å². The van der Waals surface area contributed by atoms with E-state index in [1.807, 2.05) is 27.7 Å². The summed E-state index contributed by atoms with van der Waals surface area (Å²) < 4.78 is 4.24. The minimum atomic E-state index is -0.711. The molecule has 0 aliphatic carbocycles. The Labute approximate surface area is 170 Å². The number of aliphatic hydroxyl groups is 1. The zero-order chi connectivity index (χ0) is 21.1. The first-order chi connectivity index (χ1) is 12.9. The molecule has 3 heterocycles. The lowest BCUT2D eigenvalue weighted by Crippen LogP contribution is -2.58. The van der Waals surface area contributed by atoms with Gasteiger partial charge in [0.15, 0.2) is 0 Å². The van der Waals surface area contributed by atoms with Crippen LogP contribution in [0.4, 0.5) is 0 Å². The Morgan fingerprint density at radius 2 is 2.04 bits per heavy atom. The number of hydrogen-bond acceptors (Lipinski definition) is 6. The largest absolute Gasteiger partial charge is 0.466 e. The lowest BCUT2D eigenvalue weighted by atomic mass is 9.66. The summed E-state index contributed by atoms with van der Waals surface area (Å²) in [6.07, 6.45) is 1.45. The molecule has 7 nitrogen and oxygen atoms in total. The Balaban J connectivity index is 2.08. The average molecular weight is 413 g/mol. The second-order valence-corrected chi connectivity index (χ2v) is 11.4. The maximum Gasteiger partial charge on any atom is 0.311 e. The van der Waals surface area contributed by atoms with Crippen molar-refractivity contribution in [2.24, 2.45) is 11.8 Å². The zero-order valence-electron chi connectivity index (χ0n) is 17.6. The minimum absolute atomic E-state index is 0.218. The molecule has 3 aliphatic rings. The van der Waals surface area contributed by atoms with Gasteiger partial charge in [-0.25, -0.2) is 0 Å². The number of nitrogens with one attached hydrogen (secondary N) is 1. The van der Waals surface area contributed by atoms with Crippen molar-refractivity contribution >= 4 is 29.5 Å². The molecular formula is C20H32N2O5S. The molecule has 3 saturated heterocycles. The van der Waals surface area contributed by atoms with Gasteiger partial charge in [-0.3, -0.25) is 14.4 Å². The molecule has 6 atom stereocenters. The molecule has 0 aromatic rings. The maximum absolute atomic E-state index is 13.5. The van der Waals surface area contributed by atoms with E-state index in [2.05, 4.69) is 5.32 Å². The van der Waals surface area contributed by atoms with E-state index in [1.165, 1.54) is 4.90 Å². The van der Waals surface area contributed by atoms with E-state index in [9.17, 15) is 19.5 Å². The Morgan fingerprint density at radius 3 is 2.57 bits per heavy atom. The van der Waals surface area contributed by atoms with Crippen LogP contribution in [0.3, 0.4) is 0 Å². The van der Waals surface area contributed by atoms with Crippen LogP contribution in [0.5, 0.6) is 0 Å². The number of esters is 1. The maximum atomic E-state index is 13.5. The fourth-order valence-electron chi connectivity index (χ4n) is 5.25. The van der Waals surface area contributed by atoms with E-state index in [4.69, 9.17) is 4.74 Å². The third kappa shape index (κ3) is 3.03. The Bertz CT molecular complexity index is 693. The van der Waals surface area contributed by atoms with E-state index in [0.717, 1.165) is 6.42 Å². The number of aliphatic hydroxyl groups excluding tert-OH is 1. The predicted molar refractivity (Wildman–Crippen MR) is 107 cm³/mol. The van der Waals surface area contributed by atoms with Crippen LogP contribution in [-0.4, -0.2) is 68.1 Å². The van der Waals surface area contributed by atoms with Gasteiger partial charge in [0.2, 0.25) is 11.8 Å². The summed E-state index contributed by atoms with van der Waals surface area (Å²) in [6.45, 7) is 11.2. The third-order valence-corrected chi connectivity index (χ3v) is 8.23. The highest BCUT2D eigenvalue weighted by Crippen LogP contribution is 2.71. The summed E-state index contributed by atoms with van der Waals surface area (Å²) in [6, 6.07) is -1.21. The molecule has 0 radical (unpaired) electrons. The first kappa shape index (κ1) is 21.4. The molecule has 2 unspecified atom stereocenters. The second-order valence-electron chi connectivity index (χ2n) is 9.50. The molecule has 0 saturated carbocycles. The van der Waals surface area contributed by atoms with Gasteiger partial charge in [-0.15, -0.1) is 11.8 Å². The Kier molecular flexibility index (Phi) is 5.28. The normalized spacial score (nSPS) is 37.8. The summed E-state index contributed by atoms with van der Waals surface area (Å²) in [5.74, 6) is -1.96. The number of carbonyl (C=O) groups excluding carboxylic acids is 3. The molecule has 2 amide bonds. The van der Waals surface area contributed by atoms with Crippen LogP contribution in [-0.2, 0) is 19.1 Å². The topological polar surface area (TPSA) is 95.9 Å². The second kappa shape index (κ2) is 6.90. The van der Waals surface area contributed by atoms with Crippen molar-refractivity contribution in [3.8, 4) is 0 Å². The number of thioether (sulfide) groups is 1. The van der Waals surface area contributed by atoms with Crippen molar-refractivity contribution < 1.29 is 24.2 Å². The molecular weight excluding hydrogens is 380 g/mol. The number of likely N-dealkylation sites (tertiary alicyclic amines) is 1. The van der Waals surface area contributed by atoms with Gasteiger partial charge in [0.05, 0.1) is 35.8 Å². The van der Waals surface area contributed by atoms with Gasteiger partial charge >= 0.3 is 5.97 Å². The van der Waals surface area contributed by atoms with E-state index >= 15 is 0 Å². The number of amides is 2. The number of rotatable bonds is 5. The van der Waals surface area contributed by atoms with Crippen molar-refractivity contribution in [1.29, 1.82) is 0 Å². The lowest BCUT2D eigenvalue weighted by molar-refractivity contribution is -0.155. The third-order valence-electron chi connectivity index (χ3n) is 6.24. The Hall–Kier alpha value is -1.28. The molecule has 28 heavy (non-hydrogen) atoms. The highest BCUT2D eigenvalue weighted by atomic mass is 32.2. The smallest absolute Gasteiger partial charge is 0.311 e. The van der Waals surface area contributed by atoms with Gasteiger partial charge in [-0.2, -0.15) is 0 Å². The van der Waals surface area contributed by atoms with Crippen molar-refractivity contribution in [3.05, 3.63) is 0 Å². The first-order valence-corrected chi connectivity index (χ1v) is 10.9. The lowest BCUT2D eigenvalue weighted by Gasteiger charge is -2.37. The number of nitrogens with zero attached hydrogens (tertiary/aromatic N) is 1. The Morgan fingerprint density at radius 1 is 1.39 bits per heavy atom. The van der Waals surface area contributed by atoms with Gasteiger partial charge in [-0.1, -0.05) is 0 Å². The molecule has 2 N–H and O–H groups in total. The summed E-state index contributed by atoms with van der Waals surface area (Å²) in [5.41, 5.74) is -0.450. The van der Waals surface area contributed by atoms with Crippen LogP contribution < -0.4 is 5.32 Å². The summed E-state index contributed by atoms with van der Waals surface area (Å²) in [5, 5.41) is 12.8. The summed E-state index contributed by atoms with van der Waals surface area (Å²) in [7, 11) is 0. The molecule has 158 valence electrons. The molecule has 3 rings (SSSR count). The zero-order valence-corrected chi connectivity index (χ0v) is 18.4. The quantitative estimate of drug-likeness (QED) is 0.662. The van der Waals surface area contributed by atoms with Gasteiger partial charge < -0.3 is 20.1 Å². The monoisotopic (exact) mass is 412 g/mol. The van der Waals surface area contributed by atoms with E-state index in [-0.39, 0.29) is 31.0 Å². The van der Waals surface area contributed by atoms with E-state index in [0.29, 0.717) is 6.42 Å². The highest BCUT2D eigenvalue weighted by molar-refractivity contribution is 8.02. The highest BCUT2D eigenvalue weighted by Gasteiger charge is 2.77. The predicted octanol–water partition coefficient (Wildman–Crippen LogP) is 1.33. The van der Waals surface area contributed by atoms with Crippen LogP contribution in [0.2, 0.25) is 0 Å². The number of carbonyl (C=O) groups is 3. The minimum Gasteiger partial charge on any atom is -0.466 e. The first-order valence-electron chi connectivity index (χ1n) is 10.0. The van der Waals surface area contributed by atoms with Crippen LogP contribution in [0, 0.1) is 11.8 Å². The van der Waals surface area contributed by atoms with Crippen LogP contribution in [0.1, 0.15) is 54.4 Å².